The molecule has 1 aromatic rings. The number of ether oxygens (including phenoxy) is 1. The predicted molar refractivity (Wildman–Crippen MR) is 71.6 cm³/mol. The number of carbonyl (C=O) groups is 1. The Morgan fingerprint density at radius 2 is 2.11 bits per heavy atom. The topological polar surface area (TPSA) is 38.3 Å². The Hall–Kier alpha value is -1.51. The largest absolute Gasteiger partial charge is 0.493 e. The Morgan fingerprint density at radius 3 is 2.83 bits per heavy atom. The molecular formula is C15H21NO2. The van der Waals surface area contributed by atoms with Gasteiger partial charge in [-0.2, -0.15) is 0 Å². The van der Waals surface area contributed by atoms with Crippen molar-refractivity contribution in [3.05, 3.63) is 29.8 Å². The number of hydrogen-bond acceptors (Lipinski definition) is 2. The van der Waals surface area contributed by atoms with Crippen molar-refractivity contribution < 1.29 is 9.53 Å². The third-order valence-electron chi connectivity index (χ3n) is 3.19. The van der Waals surface area contributed by atoms with Crippen LogP contribution in [0.3, 0.4) is 0 Å². The van der Waals surface area contributed by atoms with Crippen LogP contribution in [0.25, 0.3) is 0 Å². The van der Waals surface area contributed by atoms with E-state index in [0.717, 1.165) is 12.2 Å². The van der Waals surface area contributed by atoms with Crippen LogP contribution in [0.4, 0.5) is 0 Å². The van der Waals surface area contributed by atoms with Crippen LogP contribution in [0.1, 0.15) is 26.3 Å². The van der Waals surface area contributed by atoms with Crippen LogP contribution in [0.15, 0.2) is 24.3 Å². The van der Waals surface area contributed by atoms with Gasteiger partial charge in [0.15, 0.2) is 0 Å². The van der Waals surface area contributed by atoms with Gasteiger partial charge >= 0.3 is 0 Å². The predicted octanol–water partition coefficient (Wildman–Crippen LogP) is 2.40. The highest BCUT2D eigenvalue weighted by atomic mass is 16.5. The second-order valence-corrected chi connectivity index (χ2v) is 5.95. The number of carbonyl (C=O) groups excluding carboxylic acids is 1. The Bertz CT molecular complexity index is 434. The van der Waals surface area contributed by atoms with E-state index >= 15 is 0 Å². The molecule has 1 atom stereocenters. The van der Waals surface area contributed by atoms with E-state index in [0.29, 0.717) is 19.1 Å². The van der Waals surface area contributed by atoms with E-state index in [9.17, 15) is 4.79 Å². The lowest BCUT2D eigenvalue weighted by molar-refractivity contribution is -0.128. The Morgan fingerprint density at radius 1 is 1.39 bits per heavy atom. The number of nitrogens with one attached hydrogen (secondary N) is 1. The molecule has 0 saturated carbocycles. The summed E-state index contributed by atoms with van der Waals surface area (Å²) >= 11 is 0. The normalized spacial score (nSPS) is 18.7. The van der Waals surface area contributed by atoms with Crippen molar-refractivity contribution in [3.8, 4) is 5.75 Å². The highest BCUT2D eigenvalue weighted by molar-refractivity contribution is 5.81. The summed E-state index contributed by atoms with van der Waals surface area (Å²) in [5, 5.41) is 3.00. The lowest BCUT2D eigenvalue weighted by Gasteiger charge is -2.26. The minimum Gasteiger partial charge on any atom is -0.493 e. The molecule has 0 aromatic heterocycles. The molecule has 98 valence electrons. The van der Waals surface area contributed by atoms with Crippen LogP contribution < -0.4 is 10.1 Å². The van der Waals surface area contributed by atoms with Crippen molar-refractivity contribution in [2.45, 2.75) is 27.2 Å². The first kappa shape index (κ1) is 12.9. The molecule has 0 spiro atoms. The fourth-order valence-electron chi connectivity index (χ4n) is 2.02. The molecule has 1 heterocycles. The standard InChI is InChI=1S/C15H21NO2/c1-15(2,3)14(17)16-9-11-8-12-6-4-5-7-13(12)18-10-11/h4-7,11H,8-10H2,1-3H3,(H,16,17)/t11-/m1/s1. The number of fused-ring (bicyclic) bond motifs is 1. The molecule has 1 aliphatic heterocycles. The Balaban J connectivity index is 1.89. The van der Waals surface area contributed by atoms with Gasteiger partial charge in [-0.05, 0) is 18.1 Å². The van der Waals surface area contributed by atoms with Crippen molar-refractivity contribution in [3.63, 3.8) is 0 Å². The summed E-state index contributed by atoms with van der Waals surface area (Å²) in [7, 11) is 0. The fourth-order valence-corrected chi connectivity index (χ4v) is 2.02. The smallest absolute Gasteiger partial charge is 0.225 e. The number of benzene rings is 1. The molecule has 0 saturated heterocycles. The van der Waals surface area contributed by atoms with E-state index in [2.05, 4.69) is 11.4 Å². The summed E-state index contributed by atoms with van der Waals surface area (Å²) in [6.45, 7) is 7.14. The monoisotopic (exact) mass is 247 g/mol. The number of para-hydroxylation sites is 1. The van der Waals surface area contributed by atoms with Gasteiger partial charge in [-0.25, -0.2) is 0 Å². The van der Waals surface area contributed by atoms with E-state index in [-0.39, 0.29) is 11.3 Å². The second-order valence-electron chi connectivity index (χ2n) is 5.95. The summed E-state index contributed by atoms with van der Waals surface area (Å²) in [6.07, 6.45) is 0.973. The zero-order valence-electron chi connectivity index (χ0n) is 11.3. The molecule has 0 fully saturated rings. The summed E-state index contributed by atoms with van der Waals surface area (Å²) in [4.78, 5) is 11.8. The summed E-state index contributed by atoms with van der Waals surface area (Å²) < 4.78 is 5.70. The van der Waals surface area contributed by atoms with Crippen molar-refractivity contribution in [1.29, 1.82) is 0 Å². The third kappa shape index (κ3) is 3.03. The molecule has 0 aliphatic carbocycles. The lowest BCUT2D eigenvalue weighted by atomic mass is 9.94. The first-order valence-corrected chi connectivity index (χ1v) is 6.46. The molecular weight excluding hydrogens is 226 g/mol. The molecule has 2 rings (SSSR count). The van der Waals surface area contributed by atoms with E-state index < -0.39 is 0 Å². The van der Waals surface area contributed by atoms with Gasteiger partial charge < -0.3 is 10.1 Å². The minimum atomic E-state index is -0.326. The van der Waals surface area contributed by atoms with Gasteiger partial charge in [0.25, 0.3) is 0 Å². The highest BCUT2D eigenvalue weighted by Gasteiger charge is 2.24. The van der Waals surface area contributed by atoms with Crippen LogP contribution >= 0.6 is 0 Å². The SMILES string of the molecule is CC(C)(C)C(=O)NC[C@@H]1COc2ccccc2C1. The van der Waals surface area contributed by atoms with E-state index in [1.54, 1.807) is 0 Å². The highest BCUT2D eigenvalue weighted by Crippen LogP contribution is 2.26. The van der Waals surface area contributed by atoms with Gasteiger partial charge in [-0.15, -0.1) is 0 Å². The number of amides is 1. The maximum atomic E-state index is 11.8. The molecule has 1 amide bonds. The van der Waals surface area contributed by atoms with Crippen LogP contribution in [0.2, 0.25) is 0 Å². The zero-order chi connectivity index (χ0) is 13.2. The van der Waals surface area contributed by atoms with Crippen LogP contribution in [-0.2, 0) is 11.2 Å². The average Bonchev–Trinajstić information content (AvgIpc) is 2.34. The van der Waals surface area contributed by atoms with Gasteiger partial charge in [-0.3, -0.25) is 4.79 Å². The quantitative estimate of drug-likeness (QED) is 0.871. The molecule has 0 radical (unpaired) electrons. The molecule has 1 aromatic carbocycles. The lowest BCUT2D eigenvalue weighted by Crippen LogP contribution is -2.40. The molecule has 18 heavy (non-hydrogen) atoms. The summed E-state index contributed by atoms with van der Waals surface area (Å²) in [6, 6.07) is 8.10. The van der Waals surface area contributed by atoms with E-state index in [4.69, 9.17) is 4.74 Å². The minimum absolute atomic E-state index is 0.0985. The van der Waals surface area contributed by atoms with Crippen molar-refractivity contribution in [2.24, 2.45) is 11.3 Å². The van der Waals surface area contributed by atoms with Gasteiger partial charge in [0.1, 0.15) is 5.75 Å². The number of hydrogen-bond donors (Lipinski definition) is 1. The molecule has 3 nitrogen and oxygen atoms in total. The van der Waals surface area contributed by atoms with Crippen LogP contribution in [0.5, 0.6) is 5.75 Å². The molecule has 3 heteroatoms. The fraction of sp³-hybridized carbons (Fsp3) is 0.533. The van der Waals surface area contributed by atoms with Gasteiger partial charge in [-0.1, -0.05) is 39.0 Å². The maximum absolute atomic E-state index is 11.8. The molecule has 0 bridgehead atoms. The average molecular weight is 247 g/mol. The zero-order valence-corrected chi connectivity index (χ0v) is 11.3. The van der Waals surface area contributed by atoms with Gasteiger partial charge in [0.05, 0.1) is 6.61 Å². The maximum Gasteiger partial charge on any atom is 0.225 e. The first-order chi connectivity index (χ1) is 8.47. The van der Waals surface area contributed by atoms with Crippen LogP contribution in [0, 0.1) is 11.3 Å². The van der Waals surface area contributed by atoms with Gasteiger partial charge in [0, 0.05) is 17.9 Å². The molecule has 1 aliphatic rings. The third-order valence-corrected chi connectivity index (χ3v) is 3.19. The van der Waals surface area contributed by atoms with Crippen molar-refractivity contribution >= 4 is 5.91 Å². The van der Waals surface area contributed by atoms with Crippen molar-refractivity contribution in [2.75, 3.05) is 13.2 Å². The van der Waals surface area contributed by atoms with Gasteiger partial charge in [0.2, 0.25) is 5.91 Å². The van der Waals surface area contributed by atoms with Crippen LogP contribution in [-0.4, -0.2) is 19.1 Å². The van der Waals surface area contributed by atoms with Crippen molar-refractivity contribution in [1.82, 2.24) is 5.32 Å². The van der Waals surface area contributed by atoms with E-state index in [1.165, 1.54) is 5.56 Å². The molecule has 0 unspecified atom stereocenters. The Labute approximate surface area is 109 Å². The molecule has 1 N–H and O–H groups in total. The summed E-state index contributed by atoms with van der Waals surface area (Å²) in [5.74, 6) is 1.45. The first-order valence-electron chi connectivity index (χ1n) is 6.46. The second kappa shape index (κ2) is 5.01. The number of rotatable bonds is 2. The Kier molecular flexibility index (Phi) is 3.60. The summed E-state index contributed by atoms with van der Waals surface area (Å²) in [5.41, 5.74) is 0.909. The van der Waals surface area contributed by atoms with E-state index in [1.807, 2.05) is 39.0 Å².